The second-order valence-electron chi connectivity index (χ2n) is 2.31. The Morgan fingerprint density at radius 1 is 1.86 bits per heavy atom. The number of anilines is 1. The van der Waals surface area contributed by atoms with Crippen molar-refractivity contribution in [3.05, 3.63) is 11.1 Å². The van der Waals surface area contributed by atoms with E-state index in [2.05, 4.69) is 15.5 Å². The van der Waals surface area contributed by atoms with Gasteiger partial charge in [-0.3, -0.25) is 10.1 Å². The Labute approximate surface area is 83.5 Å². The van der Waals surface area contributed by atoms with Gasteiger partial charge >= 0.3 is 0 Å². The lowest BCUT2D eigenvalue weighted by Gasteiger charge is -1.95. The number of oxime groups is 1. The summed E-state index contributed by atoms with van der Waals surface area (Å²) in [6, 6.07) is 1.44. The molecule has 0 saturated heterocycles. The largest absolute Gasteiger partial charge is 0.410 e. The maximum Gasteiger partial charge on any atom is 0.290 e. The first-order chi connectivity index (χ1) is 6.67. The summed E-state index contributed by atoms with van der Waals surface area (Å²) in [6.07, 6.45) is 0. The second kappa shape index (κ2) is 4.34. The Balaban J connectivity index is 2.72. The number of carbonyl (C=O) groups is 1. The lowest BCUT2D eigenvalue weighted by Crippen LogP contribution is -2.21. The minimum absolute atomic E-state index is 0.365. The third kappa shape index (κ3) is 2.27. The van der Waals surface area contributed by atoms with E-state index < -0.39 is 11.6 Å². The van der Waals surface area contributed by atoms with Gasteiger partial charge in [0, 0.05) is 5.38 Å². The van der Waals surface area contributed by atoms with Crippen LogP contribution in [0.4, 0.5) is 5.13 Å². The highest BCUT2D eigenvalue weighted by Gasteiger charge is 2.12. The molecular weight excluding hydrogens is 204 g/mol. The van der Waals surface area contributed by atoms with Crippen LogP contribution in [0.1, 0.15) is 5.69 Å². The van der Waals surface area contributed by atoms with Crippen molar-refractivity contribution in [2.75, 3.05) is 5.32 Å². The SMILES string of the molecule is Cc1csc(NC(=O)/C(C#N)=N\O)n1. The monoisotopic (exact) mass is 210 g/mol. The number of carbonyl (C=O) groups excluding carboxylic acids is 1. The molecule has 0 aliphatic heterocycles. The van der Waals surface area contributed by atoms with Gasteiger partial charge in [0.05, 0.1) is 5.69 Å². The van der Waals surface area contributed by atoms with Gasteiger partial charge in [0.2, 0.25) is 5.71 Å². The van der Waals surface area contributed by atoms with Crippen molar-refractivity contribution in [1.82, 2.24) is 4.98 Å². The number of nitrogens with zero attached hydrogens (tertiary/aromatic N) is 3. The summed E-state index contributed by atoms with van der Waals surface area (Å²) in [7, 11) is 0. The average Bonchev–Trinajstić information content (AvgIpc) is 2.53. The molecule has 0 unspecified atom stereocenters. The number of aryl methyl sites for hydroxylation is 1. The lowest BCUT2D eigenvalue weighted by molar-refractivity contribution is -0.110. The second-order valence-corrected chi connectivity index (χ2v) is 3.17. The molecule has 0 atom stereocenters. The van der Waals surface area contributed by atoms with Crippen LogP contribution in [0.3, 0.4) is 0 Å². The van der Waals surface area contributed by atoms with Crippen molar-refractivity contribution in [2.45, 2.75) is 6.92 Å². The minimum atomic E-state index is -0.774. The van der Waals surface area contributed by atoms with Gasteiger partial charge in [-0.1, -0.05) is 5.16 Å². The number of aromatic nitrogens is 1. The molecule has 14 heavy (non-hydrogen) atoms. The van der Waals surface area contributed by atoms with Gasteiger partial charge in [0.15, 0.2) is 5.13 Å². The van der Waals surface area contributed by atoms with Crippen LogP contribution in [0.2, 0.25) is 0 Å². The smallest absolute Gasteiger partial charge is 0.290 e. The highest BCUT2D eigenvalue weighted by molar-refractivity contribution is 7.14. The average molecular weight is 210 g/mol. The third-order valence-electron chi connectivity index (χ3n) is 1.26. The summed E-state index contributed by atoms with van der Waals surface area (Å²) in [6.45, 7) is 1.78. The Hall–Kier alpha value is -1.94. The molecule has 0 spiro atoms. The summed E-state index contributed by atoms with van der Waals surface area (Å²) in [5.74, 6) is -0.774. The van der Waals surface area contributed by atoms with Crippen molar-refractivity contribution in [1.29, 1.82) is 5.26 Å². The van der Waals surface area contributed by atoms with E-state index in [4.69, 9.17) is 10.5 Å². The van der Waals surface area contributed by atoms with E-state index in [9.17, 15) is 4.79 Å². The lowest BCUT2D eigenvalue weighted by atomic mass is 10.4. The van der Waals surface area contributed by atoms with Crippen molar-refractivity contribution in [3.8, 4) is 6.07 Å². The van der Waals surface area contributed by atoms with Crippen molar-refractivity contribution >= 4 is 28.1 Å². The number of nitriles is 1. The first-order valence-corrected chi connectivity index (χ1v) is 4.41. The van der Waals surface area contributed by atoms with E-state index >= 15 is 0 Å². The highest BCUT2D eigenvalue weighted by atomic mass is 32.1. The molecular formula is C7H6N4O2S. The van der Waals surface area contributed by atoms with Crippen LogP contribution in [-0.2, 0) is 4.79 Å². The molecule has 0 fully saturated rings. The van der Waals surface area contributed by atoms with Crippen LogP contribution in [0.15, 0.2) is 10.5 Å². The Kier molecular flexibility index (Phi) is 3.14. The zero-order valence-electron chi connectivity index (χ0n) is 7.18. The maximum absolute atomic E-state index is 11.1. The van der Waals surface area contributed by atoms with Gasteiger partial charge in [-0.2, -0.15) is 5.26 Å². The zero-order chi connectivity index (χ0) is 10.6. The molecule has 0 bridgehead atoms. The van der Waals surface area contributed by atoms with Gasteiger partial charge in [-0.15, -0.1) is 11.3 Å². The summed E-state index contributed by atoms with van der Waals surface area (Å²) >= 11 is 1.23. The van der Waals surface area contributed by atoms with Crippen molar-refractivity contribution in [3.63, 3.8) is 0 Å². The van der Waals surface area contributed by atoms with Crippen LogP contribution in [-0.4, -0.2) is 21.8 Å². The fourth-order valence-electron chi connectivity index (χ4n) is 0.686. The molecule has 0 saturated carbocycles. The van der Waals surface area contributed by atoms with Gasteiger partial charge in [0.1, 0.15) is 6.07 Å². The predicted octanol–water partition coefficient (Wildman–Crippen LogP) is 0.744. The Bertz CT molecular complexity index is 418. The van der Waals surface area contributed by atoms with E-state index in [1.165, 1.54) is 17.4 Å². The molecule has 1 amide bonds. The predicted molar refractivity (Wildman–Crippen MR) is 50.3 cm³/mol. The first kappa shape index (κ1) is 10.1. The Morgan fingerprint density at radius 3 is 3.00 bits per heavy atom. The summed E-state index contributed by atoms with van der Waals surface area (Å²) < 4.78 is 0. The quantitative estimate of drug-likeness (QED) is 0.427. The fourth-order valence-corrected chi connectivity index (χ4v) is 1.37. The van der Waals surface area contributed by atoms with Crippen LogP contribution < -0.4 is 5.32 Å². The normalized spacial score (nSPS) is 10.7. The van der Waals surface area contributed by atoms with Crippen LogP contribution in [0, 0.1) is 18.3 Å². The molecule has 72 valence electrons. The molecule has 1 heterocycles. The Morgan fingerprint density at radius 2 is 2.57 bits per heavy atom. The van der Waals surface area contributed by atoms with Crippen molar-refractivity contribution < 1.29 is 10.0 Å². The molecule has 0 aromatic carbocycles. The molecule has 1 aromatic rings. The number of rotatable bonds is 2. The molecule has 0 aliphatic carbocycles. The number of hydrogen-bond donors (Lipinski definition) is 2. The number of nitrogens with one attached hydrogen (secondary N) is 1. The molecule has 2 N–H and O–H groups in total. The summed E-state index contributed by atoms with van der Waals surface area (Å²) in [4.78, 5) is 15.1. The van der Waals surface area contributed by atoms with Crippen molar-refractivity contribution in [2.24, 2.45) is 5.16 Å². The van der Waals surface area contributed by atoms with E-state index in [-0.39, 0.29) is 0 Å². The molecule has 1 aromatic heterocycles. The van der Waals surface area contributed by atoms with E-state index in [1.807, 2.05) is 0 Å². The van der Waals surface area contributed by atoms with Gasteiger partial charge in [-0.05, 0) is 6.92 Å². The zero-order valence-corrected chi connectivity index (χ0v) is 8.00. The fraction of sp³-hybridized carbons (Fsp3) is 0.143. The van der Waals surface area contributed by atoms with E-state index in [0.717, 1.165) is 5.69 Å². The van der Waals surface area contributed by atoms with Crippen LogP contribution in [0.25, 0.3) is 0 Å². The summed E-state index contributed by atoms with van der Waals surface area (Å²) in [5, 5.41) is 23.6. The van der Waals surface area contributed by atoms with Crippen LogP contribution >= 0.6 is 11.3 Å². The standard InChI is InChI=1S/C7H6N4O2S/c1-4-3-14-7(9-4)10-6(12)5(2-8)11-13/h3,13H,1H3,(H,9,10,12)/b11-5-. The molecule has 1 rings (SSSR count). The van der Waals surface area contributed by atoms with Crippen LogP contribution in [0.5, 0.6) is 0 Å². The molecule has 0 aliphatic rings. The van der Waals surface area contributed by atoms with E-state index in [1.54, 1.807) is 12.3 Å². The third-order valence-corrected chi connectivity index (χ3v) is 2.14. The first-order valence-electron chi connectivity index (χ1n) is 3.53. The van der Waals surface area contributed by atoms with Gasteiger partial charge in [0.25, 0.3) is 5.91 Å². The minimum Gasteiger partial charge on any atom is -0.410 e. The maximum atomic E-state index is 11.1. The number of amides is 1. The topological polar surface area (TPSA) is 98.4 Å². The summed E-state index contributed by atoms with van der Waals surface area (Å²) in [5.41, 5.74) is 0.169. The van der Waals surface area contributed by atoms with Gasteiger partial charge in [-0.25, -0.2) is 4.98 Å². The van der Waals surface area contributed by atoms with Gasteiger partial charge < -0.3 is 5.21 Å². The molecule has 6 nitrogen and oxygen atoms in total. The van der Waals surface area contributed by atoms with E-state index in [0.29, 0.717) is 5.13 Å². The highest BCUT2D eigenvalue weighted by Crippen LogP contribution is 2.13. The molecule has 0 radical (unpaired) electrons. The number of thiazole rings is 1. The number of hydrogen-bond acceptors (Lipinski definition) is 6. The molecule has 7 heteroatoms.